The molecule has 0 aromatic heterocycles. The number of benzene rings is 2. The van der Waals surface area contributed by atoms with E-state index in [9.17, 15) is 14.9 Å². The zero-order valence-electron chi connectivity index (χ0n) is 11.1. The van der Waals surface area contributed by atoms with Gasteiger partial charge in [-0.1, -0.05) is 22.0 Å². The SMILES string of the molecule is Cc1cc(Br)cc(NC(=O)c2cccc([N+](=O)[O-])c2N)c1. The van der Waals surface area contributed by atoms with Crippen LogP contribution < -0.4 is 11.1 Å². The van der Waals surface area contributed by atoms with Gasteiger partial charge in [0, 0.05) is 16.2 Å². The highest BCUT2D eigenvalue weighted by molar-refractivity contribution is 9.10. The minimum Gasteiger partial charge on any atom is -0.393 e. The number of hydrogen-bond acceptors (Lipinski definition) is 4. The third kappa shape index (κ3) is 3.38. The summed E-state index contributed by atoms with van der Waals surface area (Å²) in [6.45, 7) is 1.89. The van der Waals surface area contributed by atoms with Crippen LogP contribution in [0.5, 0.6) is 0 Å². The van der Waals surface area contributed by atoms with Gasteiger partial charge in [0.05, 0.1) is 10.5 Å². The van der Waals surface area contributed by atoms with Crippen molar-refractivity contribution in [2.45, 2.75) is 6.92 Å². The molecule has 0 aliphatic carbocycles. The minimum absolute atomic E-state index is 0.0711. The van der Waals surface area contributed by atoms with Crippen molar-refractivity contribution in [1.82, 2.24) is 0 Å². The van der Waals surface area contributed by atoms with E-state index >= 15 is 0 Å². The molecule has 0 unspecified atom stereocenters. The summed E-state index contributed by atoms with van der Waals surface area (Å²) in [5, 5.41) is 13.5. The molecule has 1 amide bonds. The van der Waals surface area contributed by atoms with Crippen LogP contribution in [-0.2, 0) is 0 Å². The van der Waals surface area contributed by atoms with E-state index in [1.165, 1.54) is 18.2 Å². The quantitative estimate of drug-likeness (QED) is 0.503. The molecule has 0 bridgehead atoms. The fraction of sp³-hybridized carbons (Fsp3) is 0.0714. The number of amides is 1. The van der Waals surface area contributed by atoms with Gasteiger partial charge in [0.25, 0.3) is 11.6 Å². The molecule has 108 valence electrons. The first kappa shape index (κ1) is 15.0. The lowest BCUT2D eigenvalue weighted by Crippen LogP contribution is -2.15. The van der Waals surface area contributed by atoms with Crippen LogP contribution in [0.4, 0.5) is 17.1 Å². The molecule has 2 aromatic carbocycles. The summed E-state index contributed by atoms with van der Waals surface area (Å²) in [6.07, 6.45) is 0. The van der Waals surface area contributed by atoms with Gasteiger partial charge in [0.1, 0.15) is 5.69 Å². The number of hydrogen-bond donors (Lipinski definition) is 2. The van der Waals surface area contributed by atoms with Gasteiger partial charge in [-0.25, -0.2) is 0 Å². The molecule has 2 rings (SSSR count). The Bertz CT molecular complexity index is 711. The zero-order valence-corrected chi connectivity index (χ0v) is 12.7. The van der Waals surface area contributed by atoms with Crippen LogP contribution in [0.25, 0.3) is 0 Å². The third-order valence-corrected chi connectivity index (χ3v) is 3.28. The predicted molar refractivity (Wildman–Crippen MR) is 84.3 cm³/mol. The van der Waals surface area contributed by atoms with E-state index < -0.39 is 10.8 Å². The molecule has 3 N–H and O–H groups in total. The molecule has 0 heterocycles. The number of halogens is 1. The second-order valence-corrected chi connectivity index (χ2v) is 5.38. The van der Waals surface area contributed by atoms with Crippen molar-refractivity contribution in [3.63, 3.8) is 0 Å². The van der Waals surface area contributed by atoms with Gasteiger partial charge in [-0.2, -0.15) is 0 Å². The van der Waals surface area contributed by atoms with Gasteiger partial charge >= 0.3 is 0 Å². The van der Waals surface area contributed by atoms with E-state index in [4.69, 9.17) is 5.73 Å². The number of carbonyl (C=O) groups excluding carboxylic acids is 1. The number of nitro groups is 1. The maximum atomic E-state index is 12.2. The molecular formula is C14H12BrN3O3. The van der Waals surface area contributed by atoms with Crippen LogP contribution in [0.2, 0.25) is 0 Å². The number of anilines is 2. The van der Waals surface area contributed by atoms with Gasteiger partial charge in [-0.05, 0) is 36.8 Å². The van der Waals surface area contributed by atoms with Crippen LogP contribution in [0.1, 0.15) is 15.9 Å². The van der Waals surface area contributed by atoms with Crippen LogP contribution in [0.15, 0.2) is 40.9 Å². The van der Waals surface area contributed by atoms with Crippen LogP contribution >= 0.6 is 15.9 Å². The van der Waals surface area contributed by atoms with Crippen LogP contribution in [-0.4, -0.2) is 10.8 Å². The van der Waals surface area contributed by atoms with E-state index in [0.29, 0.717) is 5.69 Å². The minimum atomic E-state index is -0.616. The topological polar surface area (TPSA) is 98.3 Å². The lowest BCUT2D eigenvalue weighted by Gasteiger charge is -2.09. The predicted octanol–water partition coefficient (Wildman–Crippen LogP) is 3.50. The number of nitrogens with zero attached hydrogens (tertiary/aromatic N) is 1. The summed E-state index contributed by atoms with van der Waals surface area (Å²) >= 11 is 3.34. The summed E-state index contributed by atoms with van der Waals surface area (Å²) < 4.78 is 0.824. The molecule has 0 aliphatic rings. The van der Waals surface area contributed by atoms with E-state index in [1.807, 2.05) is 13.0 Å². The fourth-order valence-corrected chi connectivity index (χ4v) is 2.52. The second kappa shape index (κ2) is 5.92. The summed E-state index contributed by atoms with van der Waals surface area (Å²) in [7, 11) is 0. The zero-order chi connectivity index (χ0) is 15.6. The highest BCUT2D eigenvalue weighted by Crippen LogP contribution is 2.26. The largest absolute Gasteiger partial charge is 0.393 e. The Morgan fingerprint density at radius 1 is 1.33 bits per heavy atom. The second-order valence-electron chi connectivity index (χ2n) is 4.47. The van der Waals surface area contributed by atoms with E-state index in [0.717, 1.165) is 10.0 Å². The maximum absolute atomic E-state index is 12.2. The summed E-state index contributed by atoms with van der Waals surface area (Å²) in [5.74, 6) is -0.492. The number of aryl methyl sites for hydroxylation is 1. The van der Waals surface area contributed by atoms with E-state index in [1.54, 1.807) is 12.1 Å². The molecule has 7 heteroatoms. The van der Waals surface area contributed by atoms with E-state index in [-0.39, 0.29) is 16.9 Å². The average Bonchev–Trinajstić information content (AvgIpc) is 2.37. The molecule has 6 nitrogen and oxygen atoms in total. The van der Waals surface area contributed by atoms with Crippen molar-refractivity contribution in [2.24, 2.45) is 0 Å². The highest BCUT2D eigenvalue weighted by atomic mass is 79.9. The van der Waals surface area contributed by atoms with Crippen molar-refractivity contribution in [1.29, 1.82) is 0 Å². The first-order valence-corrected chi connectivity index (χ1v) is 6.79. The van der Waals surface area contributed by atoms with Crippen molar-refractivity contribution in [3.05, 3.63) is 62.1 Å². The fourth-order valence-electron chi connectivity index (χ4n) is 1.92. The Kier molecular flexibility index (Phi) is 4.23. The lowest BCUT2D eigenvalue weighted by molar-refractivity contribution is -0.383. The van der Waals surface area contributed by atoms with Crippen molar-refractivity contribution >= 4 is 38.9 Å². The third-order valence-electron chi connectivity index (χ3n) is 2.82. The Balaban J connectivity index is 2.33. The molecule has 0 spiro atoms. The number of nitrogens with one attached hydrogen (secondary N) is 1. The molecule has 0 aliphatic heterocycles. The Labute approximate surface area is 129 Å². The highest BCUT2D eigenvalue weighted by Gasteiger charge is 2.19. The lowest BCUT2D eigenvalue weighted by atomic mass is 10.1. The van der Waals surface area contributed by atoms with E-state index in [2.05, 4.69) is 21.2 Å². The van der Waals surface area contributed by atoms with Gasteiger partial charge < -0.3 is 11.1 Å². The Hall–Kier alpha value is -2.41. The molecule has 0 saturated heterocycles. The molecule has 0 radical (unpaired) electrons. The van der Waals surface area contributed by atoms with Crippen LogP contribution in [0.3, 0.4) is 0 Å². The summed E-state index contributed by atoms with van der Waals surface area (Å²) in [4.78, 5) is 22.4. The average molecular weight is 350 g/mol. The molecular weight excluding hydrogens is 338 g/mol. The molecule has 21 heavy (non-hydrogen) atoms. The van der Waals surface area contributed by atoms with Gasteiger partial charge in [-0.3, -0.25) is 14.9 Å². The molecule has 2 aromatic rings. The number of nitrogen functional groups attached to an aromatic ring is 1. The first-order chi connectivity index (χ1) is 9.88. The number of carbonyl (C=O) groups is 1. The number of para-hydroxylation sites is 1. The van der Waals surface area contributed by atoms with Gasteiger partial charge in [0.2, 0.25) is 0 Å². The smallest absolute Gasteiger partial charge is 0.292 e. The maximum Gasteiger partial charge on any atom is 0.292 e. The molecule has 0 fully saturated rings. The van der Waals surface area contributed by atoms with Crippen molar-refractivity contribution in [3.8, 4) is 0 Å². The number of rotatable bonds is 3. The first-order valence-electron chi connectivity index (χ1n) is 6.00. The Morgan fingerprint density at radius 3 is 2.67 bits per heavy atom. The van der Waals surface area contributed by atoms with Gasteiger partial charge in [0.15, 0.2) is 0 Å². The number of nitrogens with two attached hydrogens (primary N) is 1. The van der Waals surface area contributed by atoms with Gasteiger partial charge in [-0.15, -0.1) is 0 Å². The summed E-state index contributed by atoms with van der Waals surface area (Å²) in [5.41, 5.74) is 6.87. The molecule has 0 atom stereocenters. The summed E-state index contributed by atoms with van der Waals surface area (Å²) in [6, 6.07) is 9.56. The normalized spacial score (nSPS) is 10.2. The van der Waals surface area contributed by atoms with Crippen molar-refractivity contribution in [2.75, 3.05) is 11.1 Å². The van der Waals surface area contributed by atoms with Crippen LogP contribution in [0, 0.1) is 17.0 Å². The molecule has 0 saturated carbocycles. The standard InChI is InChI=1S/C14H12BrN3O3/c1-8-5-9(15)7-10(6-8)17-14(19)11-3-2-4-12(13(11)16)18(20)21/h2-7H,16H2,1H3,(H,17,19). The Morgan fingerprint density at radius 2 is 2.05 bits per heavy atom. The monoisotopic (exact) mass is 349 g/mol. The van der Waals surface area contributed by atoms with Crippen molar-refractivity contribution < 1.29 is 9.72 Å². The number of nitro benzene ring substituents is 1.